The van der Waals surface area contributed by atoms with E-state index in [2.05, 4.69) is 5.10 Å². The molecule has 1 aromatic carbocycles. The predicted octanol–water partition coefficient (Wildman–Crippen LogP) is 3.05. The standard InChI is InChI=1S/C18H16F2N4O/c19-12-4-1-3-11(9-12)14-5-2-7-23(14)15-6-8-24-17(16(15)20)13(10-22-24)18(21)25/h1,3-4,6,8-10,14H,2,5,7H2,(H2,21,25). The van der Waals surface area contributed by atoms with Gasteiger partial charge in [-0.2, -0.15) is 5.10 Å². The Kier molecular flexibility index (Phi) is 3.63. The molecule has 1 amide bonds. The summed E-state index contributed by atoms with van der Waals surface area (Å²) in [7, 11) is 0. The maximum Gasteiger partial charge on any atom is 0.252 e. The SMILES string of the molecule is NC(=O)c1cnn2ccc(N3CCCC3c3cccc(F)c3)c(F)c12. The van der Waals surface area contributed by atoms with Crippen LogP contribution in [0.2, 0.25) is 0 Å². The van der Waals surface area contributed by atoms with Crippen LogP contribution < -0.4 is 10.6 Å². The zero-order chi connectivity index (χ0) is 17.6. The lowest BCUT2D eigenvalue weighted by atomic mass is 10.0. The molecule has 0 aliphatic carbocycles. The fraction of sp³-hybridized carbons (Fsp3) is 0.222. The number of benzene rings is 1. The van der Waals surface area contributed by atoms with E-state index in [1.807, 2.05) is 11.0 Å². The third-order valence-electron chi connectivity index (χ3n) is 4.66. The van der Waals surface area contributed by atoms with Gasteiger partial charge in [-0.25, -0.2) is 13.3 Å². The second-order valence-corrected chi connectivity index (χ2v) is 6.14. The lowest BCUT2D eigenvalue weighted by Gasteiger charge is -2.27. The number of hydrogen-bond donors (Lipinski definition) is 1. The molecule has 1 fully saturated rings. The van der Waals surface area contributed by atoms with Crippen molar-refractivity contribution < 1.29 is 13.6 Å². The molecule has 7 heteroatoms. The van der Waals surface area contributed by atoms with Gasteiger partial charge in [-0.05, 0) is 36.6 Å². The normalized spacial score (nSPS) is 17.4. The number of nitrogens with two attached hydrogens (primary N) is 1. The van der Waals surface area contributed by atoms with E-state index in [0.29, 0.717) is 12.2 Å². The van der Waals surface area contributed by atoms with Crippen molar-refractivity contribution in [2.24, 2.45) is 5.73 Å². The third kappa shape index (κ3) is 2.52. The van der Waals surface area contributed by atoms with Crippen molar-refractivity contribution in [1.29, 1.82) is 0 Å². The van der Waals surface area contributed by atoms with Crippen LogP contribution in [0.15, 0.2) is 42.7 Å². The Morgan fingerprint density at radius 1 is 1.28 bits per heavy atom. The molecule has 3 aromatic rings. The fourth-order valence-corrected chi connectivity index (χ4v) is 3.55. The number of rotatable bonds is 3. The highest BCUT2D eigenvalue weighted by Crippen LogP contribution is 2.38. The summed E-state index contributed by atoms with van der Waals surface area (Å²) in [5.41, 5.74) is 6.59. The summed E-state index contributed by atoms with van der Waals surface area (Å²) in [5.74, 6) is -1.58. The van der Waals surface area contributed by atoms with Crippen LogP contribution in [0.25, 0.3) is 5.52 Å². The van der Waals surface area contributed by atoms with Crippen molar-refractivity contribution in [3.8, 4) is 0 Å². The van der Waals surface area contributed by atoms with E-state index in [1.165, 1.54) is 22.8 Å². The molecular weight excluding hydrogens is 326 g/mol. The molecule has 0 spiro atoms. The quantitative estimate of drug-likeness (QED) is 0.796. The molecule has 2 aromatic heterocycles. The zero-order valence-corrected chi connectivity index (χ0v) is 13.3. The van der Waals surface area contributed by atoms with E-state index >= 15 is 4.39 Å². The van der Waals surface area contributed by atoms with Crippen molar-refractivity contribution in [3.05, 3.63) is 65.5 Å². The molecule has 0 radical (unpaired) electrons. The number of aromatic nitrogens is 2. The molecule has 5 nitrogen and oxygen atoms in total. The number of nitrogens with zero attached hydrogens (tertiary/aromatic N) is 3. The van der Waals surface area contributed by atoms with Gasteiger partial charge in [0.25, 0.3) is 5.91 Å². The second kappa shape index (κ2) is 5.84. The van der Waals surface area contributed by atoms with Gasteiger partial charge in [-0.3, -0.25) is 4.79 Å². The molecule has 1 unspecified atom stereocenters. The zero-order valence-electron chi connectivity index (χ0n) is 13.3. The van der Waals surface area contributed by atoms with Crippen molar-refractivity contribution >= 4 is 17.1 Å². The second-order valence-electron chi connectivity index (χ2n) is 6.14. The maximum atomic E-state index is 15.2. The summed E-state index contributed by atoms with van der Waals surface area (Å²) in [6.45, 7) is 0.647. The highest BCUT2D eigenvalue weighted by molar-refractivity contribution is 6.00. The van der Waals surface area contributed by atoms with Gasteiger partial charge in [0.1, 0.15) is 11.3 Å². The van der Waals surface area contributed by atoms with Crippen molar-refractivity contribution in [1.82, 2.24) is 9.61 Å². The van der Waals surface area contributed by atoms with Gasteiger partial charge in [0.05, 0.1) is 23.5 Å². The van der Waals surface area contributed by atoms with Crippen LogP contribution in [-0.4, -0.2) is 22.1 Å². The molecule has 2 N–H and O–H groups in total. The fourth-order valence-electron chi connectivity index (χ4n) is 3.55. The summed E-state index contributed by atoms with van der Waals surface area (Å²) in [6, 6.07) is 7.87. The average Bonchev–Trinajstić information content (AvgIpc) is 3.22. The van der Waals surface area contributed by atoms with Gasteiger partial charge >= 0.3 is 0 Å². The van der Waals surface area contributed by atoms with E-state index in [4.69, 9.17) is 5.73 Å². The maximum absolute atomic E-state index is 15.2. The molecule has 4 rings (SSSR count). The summed E-state index contributed by atoms with van der Waals surface area (Å²) in [6.07, 6.45) is 4.53. The first-order valence-corrected chi connectivity index (χ1v) is 8.04. The van der Waals surface area contributed by atoms with Crippen LogP contribution in [0.3, 0.4) is 0 Å². The summed E-state index contributed by atoms with van der Waals surface area (Å²) < 4.78 is 30.0. The first-order chi connectivity index (χ1) is 12.1. The first-order valence-electron chi connectivity index (χ1n) is 8.04. The minimum atomic E-state index is -0.728. The van der Waals surface area contributed by atoms with Crippen LogP contribution in [0.1, 0.15) is 34.8 Å². The van der Waals surface area contributed by atoms with E-state index in [9.17, 15) is 9.18 Å². The van der Waals surface area contributed by atoms with Gasteiger partial charge in [0, 0.05) is 12.7 Å². The van der Waals surface area contributed by atoms with Crippen molar-refractivity contribution in [2.45, 2.75) is 18.9 Å². The first kappa shape index (κ1) is 15.6. The lowest BCUT2D eigenvalue weighted by Crippen LogP contribution is -2.24. The van der Waals surface area contributed by atoms with Crippen LogP contribution >= 0.6 is 0 Å². The molecule has 128 valence electrons. The Labute approximate surface area is 142 Å². The highest BCUT2D eigenvalue weighted by atomic mass is 19.1. The molecule has 0 bridgehead atoms. The van der Waals surface area contributed by atoms with Crippen molar-refractivity contribution in [2.75, 3.05) is 11.4 Å². The minimum absolute atomic E-state index is 0.0425. The van der Waals surface area contributed by atoms with Crippen LogP contribution in [0.5, 0.6) is 0 Å². The number of carbonyl (C=O) groups is 1. The smallest absolute Gasteiger partial charge is 0.252 e. The lowest BCUT2D eigenvalue weighted by molar-refractivity contribution is 0.100. The number of halogens is 2. The van der Waals surface area contributed by atoms with Gasteiger partial charge in [-0.15, -0.1) is 0 Å². The van der Waals surface area contributed by atoms with Crippen molar-refractivity contribution in [3.63, 3.8) is 0 Å². The molecule has 1 aliphatic heterocycles. The molecule has 1 saturated heterocycles. The molecule has 1 atom stereocenters. The topological polar surface area (TPSA) is 63.6 Å². The summed E-state index contributed by atoms with van der Waals surface area (Å²) in [5, 5.41) is 3.96. The van der Waals surface area contributed by atoms with Gasteiger partial charge < -0.3 is 10.6 Å². The number of primary amides is 1. The largest absolute Gasteiger partial charge is 0.365 e. The molecule has 3 heterocycles. The summed E-state index contributed by atoms with van der Waals surface area (Å²) in [4.78, 5) is 13.4. The predicted molar refractivity (Wildman–Crippen MR) is 89.4 cm³/mol. The van der Waals surface area contributed by atoms with Gasteiger partial charge in [-0.1, -0.05) is 12.1 Å². The van der Waals surface area contributed by atoms with E-state index in [1.54, 1.807) is 18.3 Å². The third-order valence-corrected chi connectivity index (χ3v) is 4.66. The molecule has 1 aliphatic rings. The average molecular weight is 342 g/mol. The molecule has 25 heavy (non-hydrogen) atoms. The highest BCUT2D eigenvalue weighted by Gasteiger charge is 2.30. The Morgan fingerprint density at radius 2 is 2.12 bits per heavy atom. The van der Waals surface area contributed by atoms with Gasteiger partial charge in [0.15, 0.2) is 5.82 Å². The number of hydrogen-bond acceptors (Lipinski definition) is 3. The number of carbonyl (C=O) groups excluding carboxylic acids is 1. The Morgan fingerprint density at radius 3 is 2.88 bits per heavy atom. The number of amides is 1. The van der Waals surface area contributed by atoms with E-state index in [0.717, 1.165) is 18.4 Å². The Bertz CT molecular complexity index is 969. The van der Waals surface area contributed by atoms with E-state index < -0.39 is 11.7 Å². The summed E-state index contributed by atoms with van der Waals surface area (Å²) >= 11 is 0. The molecular formula is C18H16F2N4O. The van der Waals surface area contributed by atoms with E-state index in [-0.39, 0.29) is 22.9 Å². The number of pyridine rings is 1. The van der Waals surface area contributed by atoms with Crippen LogP contribution in [0, 0.1) is 11.6 Å². The number of fused-ring (bicyclic) bond motifs is 1. The Hall–Kier alpha value is -2.96. The van der Waals surface area contributed by atoms with Crippen LogP contribution in [-0.2, 0) is 0 Å². The van der Waals surface area contributed by atoms with Gasteiger partial charge in [0.2, 0.25) is 0 Å². The minimum Gasteiger partial charge on any atom is -0.365 e. The molecule has 0 saturated carbocycles. The van der Waals surface area contributed by atoms with Crippen LogP contribution in [0.4, 0.5) is 14.5 Å². The number of anilines is 1. The Balaban J connectivity index is 1.82. The monoisotopic (exact) mass is 342 g/mol.